The molecular formula is C29H44O. The maximum absolute atomic E-state index is 5.77. The summed E-state index contributed by atoms with van der Waals surface area (Å²) in [6, 6.07) is 9.30. The average Bonchev–Trinajstić information content (AvgIpc) is 2.80. The van der Waals surface area contributed by atoms with E-state index in [1.54, 1.807) is 5.56 Å². The lowest BCUT2D eigenvalue weighted by atomic mass is 9.68. The molecule has 30 heavy (non-hydrogen) atoms. The quantitative estimate of drug-likeness (QED) is 0.278. The smallest absolute Gasteiger partial charge is 0.0717 e. The summed E-state index contributed by atoms with van der Waals surface area (Å²) in [4.78, 5) is 0. The Kier molecular flexibility index (Phi) is 10.2. The number of rotatable bonds is 10. The van der Waals surface area contributed by atoms with Crippen LogP contribution in [0.25, 0.3) is 0 Å². The molecule has 0 amide bonds. The third kappa shape index (κ3) is 7.41. The molecule has 0 saturated heterocycles. The van der Waals surface area contributed by atoms with Crippen molar-refractivity contribution in [2.24, 2.45) is 17.8 Å². The minimum Gasteiger partial charge on any atom is -0.376 e. The summed E-state index contributed by atoms with van der Waals surface area (Å²) in [5.74, 6) is 3.80. The van der Waals surface area contributed by atoms with Crippen molar-refractivity contribution >= 4 is 0 Å². The van der Waals surface area contributed by atoms with Gasteiger partial charge in [-0.2, -0.15) is 0 Å². The van der Waals surface area contributed by atoms with Crippen molar-refractivity contribution in [2.45, 2.75) is 97.0 Å². The molecule has 0 radical (unpaired) electrons. The number of ether oxygens (including phenoxy) is 1. The van der Waals surface area contributed by atoms with Gasteiger partial charge in [0.15, 0.2) is 0 Å². The molecule has 1 nitrogen and oxygen atoms in total. The number of allylic oxidation sites excluding steroid dienone is 3. The summed E-state index contributed by atoms with van der Waals surface area (Å²) >= 11 is 0. The molecule has 1 aromatic rings. The van der Waals surface area contributed by atoms with Gasteiger partial charge in [-0.3, -0.25) is 0 Å². The Morgan fingerprint density at radius 2 is 1.37 bits per heavy atom. The van der Waals surface area contributed by atoms with Gasteiger partial charge in [0.1, 0.15) is 0 Å². The highest BCUT2D eigenvalue weighted by Gasteiger charge is 2.31. The van der Waals surface area contributed by atoms with Crippen LogP contribution < -0.4 is 0 Å². The van der Waals surface area contributed by atoms with Crippen LogP contribution in [-0.4, -0.2) is 6.61 Å². The molecule has 2 aliphatic rings. The molecule has 0 N–H and O–H groups in total. The molecular weight excluding hydrogens is 364 g/mol. The van der Waals surface area contributed by atoms with Crippen LogP contribution in [0.5, 0.6) is 0 Å². The molecule has 2 saturated carbocycles. The van der Waals surface area contributed by atoms with Crippen LogP contribution in [0.4, 0.5) is 0 Å². The van der Waals surface area contributed by atoms with Crippen LogP contribution in [0, 0.1) is 17.8 Å². The van der Waals surface area contributed by atoms with E-state index in [9.17, 15) is 0 Å². The normalized spacial score (nSPS) is 27.8. The topological polar surface area (TPSA) is 9.23 Å². The summed E-state index contributed by atoms with van der Waals surface area (Å²) < 4.78 is 5.77. The molecule has 0 bridgehead atoms. The minimum atomic E-state index is 0.738. The van der Waals surface area contributed by atoms with Crippen molar-refractivity contribution < 1.29 is 4.74 Å². The van der Waals surface area contributed by atoms with Gasteiger partial charge in [-0.15, -0.1) is 0 Å². The van der Waals surface area contributed by atoms with Crippen molar-refractivity contribution in [3.8, 4) is 0 Å². The summed E-state index contributed by atoms with van der Waals surface area (Å²) in [5, 5.41) is 0. The summed E-state index contributed by atoms with van der Waals surface area (Å²) in [7, 11) is 0. The summed E-state index contributed by atoms with van der Waals surface area (Å²) in [6.07, 6.45) is 24.2. The third-order valence-electron chi connectivity index (χ3n) is 7.69. The van der Waals surface area contributed by atoms with Crippen molar-refractivity contribution in [2.75, 3.05) is 6.61 Å². The van der Waals surface area contributed by atoms with E-state index < -0.39 is 0 Å². The molecule has 0 spiro atoms. The first-order valence-corrected chi connectivity index (χ1v) is 12.7. The Balaban J connectivity index is 1.36. The van der Waals surface area contributed by atoms with E-state index in [4.69, 9.17) is 4.74 Å². The highest BCUT2D eigenvalue weighted by atomic mass is 16.5. The van der Waals surface area contributed by atoms with Crippen molar-refractivity contribution in [1.29, 1.82) is 0 Å². The van der Waals surface area contributed by atoms with Crippen LogP contribution in [-0.2, 0) is 11.3 Å². The molecule has 3 rings (SSSR count). The zero-order chi connectivity index (χ0) is 21.0. The first-order valence-electron chi connectivity index (χ1n) is 12.7. The van der Waals surface area contributed by atoms with E-state index in [-0.39, 0.29) is 0 Å². The molecule has 2 fully saturated rings. The molecule has 1 aromatic carbocycles. The van der Waals surface area contributed by atoms with Gasteiger partial charge in [0, 0.05) is 0 Å². The minimum absolute atomic E-state index is 0.738. The van der Waals surface area contributed by atoms with Gasteiger partial charge in [0.2, 0.25) is 0 Å². The van der Waals surface area contributed by atoms with Gasteiger partial charge >= 0.3 is 0 Å². The van der Waals surface area contributed by atoms with Gasteiger partial charge in [-0.1, -0.05) is 61.4 Å². The van der Waals surface area contributed by atoms with Gasteiger partial charge in [0.25, 0.3) is 0 Å². The monoisotopic (exact) mass is 408 g/mol. The second kappa shape index (κ2) is 13.2. The van der Waals surface area contributed by atoms with Crippen LogP contribution in [0.2, 0.25) is 0 Å². The predicted octanol–water partition coefficient (Wildman–Crippen LogP) is 8.61. The number of benzene rings is 1. The maximum Gasteiger partial charge on any atom is 0.0717 e. The van der Waals surface area contributed by atoms with E-state index >= 15 is 0 Å². The zero-order valence-electron chi connectivity index (χ0n) is 19.5. The largest absolute Gasteiger partial charge is 0.376 e. The fraction of sp³-hybridized carbons (Fsp3) is 0.655. The standard InChI is InChI=1S/C29H44O/c1-3-5-7-9-24-10-14-26(15-11-24)28-18-20-29(21-19-28)27-16-12-25(13-17-27)23-30-22-8-6-4-2/h3-6,12-13,16-17,24,26,28-29H,7-11,14-15,18-23H2,1-2H3/b5-3+,6-4?/t24-,26-,28?,29?. The fourth-order valence-corrected chi connectivity index (χ4v) is 5.76. The molecule has 2 aliphatic carbocycles. The fourth-order valence-electron chi connectivity index (χ4n) is 5.76. The Labute approximate surface area is 186 Å². The van der Waals surface area contributed by atoms with E-state index in [0.29, 0.717) is 0 Å². The Morgan fingerprint density at radius 3 is 2.00 bits per heavy atom. The van der Waals surface area contributed by atoms with Gasteiger partial charge in [-0.25, -0.2) is 0 Å². The predicted molar refractivity (Wildman–Crippen MR) is 130 cm³/mol. The molecule has 0 atom stereocenters. The first-order chi connectivity index (χ1) is 14.8. The molecule has 166 valence electrons. The highest BCUT2D eigenvalue weighted by Crippen LogP contribution is 2.44. The van der Waals surface area contributed by atoms with Crippen molar-refractivity contribution in [3.05, 3.63) is 59.7 Å². The molecule has 0 aromatic heterocycles. The number of hydrogen-bond donors (Lipinski definition) is 0. The van der Waals surface area contributed by atoms with Crippen LogP contribution in [0.1, 0.15) is 102 Å². The van der Waals surface area contributed by atoms with E-state index in [0.717, 1.165) is 43.3 Å². The first kappa shape index (κ1) is 23.3. The Hall–Kier alpha value is -1.34. The molecule has 0 unspecified atom stereocenters. The van der Waals surface area contributed by atoms with Crippen molar-refractivity contribution in [1.82, 2.24) is 0 Å². The Morgan fingerprint density at radius 1 is 0.767 bits per heavy atom. The van der Waals surface area contributed by atoms with E-state index in [1.807, 2.05) is 0 Å². The van der Waals surface area contributed by atoms with Gasteiger partial charge < -0.3 is 4.74 Å². The lowest BCUT2D eigenvalue weighted by Crippen LogP contribution is -2.25. The van der Waals surface area contributed by atoms with Crippen LogP contribution in [0.15, 0.2) is 48.6 Å². The highest BCUT2D eigenvalue weighted by molar-refractivity contribution is 5.25. The van der Waals surface area contributed by atoms with Gasteiger partial charge in [0.05, 0.1) is 13.2 Å². The van der Waals surface area contributed by atoms with Crippen LogP contribution in [0.3, 0.4) is 0 Å². The average molecular weight is 409 g/mol. The second-order valence-electron chi connectivity index (χ2n) is 9.69. The molecule has 0 aliphatic heterocycles. The van der Waals surface area contributed by atoms with Gasteiger partial charge in [-0.05, 0) is 106 Å². The lowest BCUT2D eigenvalue weighted by molar-refractivity contribution is 0.125. The maximum atomic E-state index is 5.77. The molecule has 0 heterocycles. The molecule has 1 heteroatoms. The van der Waals surface area contributed by atoms with E-state index in [2.05, 4.69) is 62.4 Å². The lowest BCUT2D eigenvalue weighted by Gasteiger charge is -2.38. The number of hydrogen-bond acceptors (Lipinski definition) is 1. The SMILES string of the molecule is CC=CCCOCc1ccc(C2CCC([C@H]3CC[C@H](CC/C=C/C)CC3)CC2)cc1. The van der Waals surface area contributed by atoms with Crippen LogP contribution >= 0.6 is 0 Å². The zero-order valence-corrected chi connectivity index (χ0v) is 19.5. The summed E-state index contributed by atoms with van der Waals surface area (Å²) in [6.45, 7) is 5.75. The summed E-state index contributed by atoms with van der Waals surface area (Å²) in [5.41, 5.74) is 2.86. The Bertz CT molecular complexity index is 625. The van der Waals surface area contributed by atoms with Crippen molar-refractivity contribution in [3.63, 3.8) is 0 Å². The third-order valence-corrected chi connectivity index (χ3v) is 7.69. The second-order valence-corrected chi connectivity index (χ2v) is 9.69. The van der Waals surface area contributed by atoms with E-state index in [1.165, 1.54) is 69.8 Å².